The number of nitrogens with zero attached hydrogens (tertiary/aromatic N) is 4. The molecule has 426 valence electrons. The van der Waals surface area contributed by atoms with E-state index < -0.39 is 0 Å². The number of aromatic nitrogens is 4. The van der Waals surface area contributed by atoms with E-state index in [0.717, 1.165) is 23.0 Å². The molecule has 8 heteroatoms. The van der Waals surface area contributed by atoms with Crippen LogP contribution in [0.15, 0.2) is 207 Å². The first-order valence-electron chi connectivity index (χ1n) is 31.0. The molecular weight excluding hydrogens is 1080 g/mol. The SMILES string of the molecule is CC1(C)c2cccc3c2-c2c1c1ccccc1c[n+]2CO3.CC1(C)c2cccc3c2-c2c1c1ccccc1c[n+]2CO3.CC1(C)c2cccc3c2-c2c1cc1cc4ccccc4cc1[n+]2CO3.CC1(C)c2cccc3c2-c2c1cc1ccccc1[n+]2CO3. The van der Waals surface area contributed by atoms with Crippen molar-refractivity contribution in [3.8, 4) is 68.0 Å². The molecule has 4 aromatic heterocycles. The molecule has 0 saturated carbocycles. The van der Waals surface area contributed by atoms with Gasteiger partial charge in [-0.3, -0.25) is 0 Å². The molecule has 0 unspecified atom stereocenters. The maximum absolute atomic E-state index is 6.14. The van der Waals surface area contributed by atoms with Crippen molar-refractivity contribution in [2.45, 2.75) is 104 Å². The van der Waals surface area contributed by atoms with Crippen LogP contribution in [0.25, 0.3) is 99.2 Å². The second-order valence-electron chi connectivity index (χ2n) is 27.1. The number of para-hydroxylation sites is 1. The van der Waals surface area contributed by atoms with Crippen molar-refractivity contribution in [3.63, 3.8) is 0 Å². The van der Waals surface area contributed by atoms with Crippen LogP contribution in [0.1, 0.15) is 99.9 Å². The van der Waals surface area contributed by atoms with Crippen LogP contribution in [0.3, 0.4) is 0 Å². The van der Waals surface area contributed by atoms with E-state index >= 15 is 0 Å². The zero-order valence-electron chi connectivity index (χ0n) is 50.9. The topological polar surface area (TPSA) is 52.4 Å². The molecular formula is C80H66N4O4+4. The van der Waals surface area contributed by atoms with Crippen LogP contribution in [0.2, 0.25) is 0 Å². The van der Waals surface area contributed by atoms with Crippen LogP contribution in [0.5, 0.6) is 23.0 Å². The molecule has 8 heterocycles. The summed E-state index contributed by atoms with van der Waals surface area (Å²) in [5.74, 6) is 4.09. The molecule has 8 nitrogen and oxygen atoms in total. The zero-order chi connectivity index (χ0) is 59.3. The van der Waals surface area contributed by atoms with Crippen LogP contribution in [-0.4, -0.2) is 0 Å². The van der Waals surface area contributed by atoms with E-state index in [0.29, 0.717) is 26.9 Å². The van der Waals surface area contributed by atoms with Crippen molar-refractivity contribution in [1.82, 2.24) is 0 Å². The fourth-order valence-electron chi connectivity index (χ4n) is 16.7. The third-order valence-corrected chi connectivity index (χ3v) is 20.9. The lowest BCUT2D eigenvalue weighted by atomic mass is 9.81. The van der Waals surface area contributed by atoms with E-state index in [4.69, 9.17) is 18.9 Å². The highest BCUT2D eigenvalue weighted by molar-refractivity contribution is 5.99. The molecule has 0 radical (unpaired) electrons. The van der Waals surface area contributed by atoms with Crippen LogP contribution in [-0.2, 0) is 48.6 Å². The molecule has 0 bridgehead atoms. The fourth-order valence-corrected chi connectivity index (χ4v) is 16.7. The predicted molar refractivity (Wildman–Crippen MR) is 347 cm³/mol. The number of hydrogen-bond donors (Lipinski definition) is 0. The highest BCUT2D eigenvalue weighted by Gasteiger charge is 2.50. The number of pyridine rings is 4. The molecule has 88 heavy (non-hydrogen) atoms. The van der Waals surface area contributed by atoms with Gasteiger partial charge in [-0.25, -0.2) is 0 Å². The van der Waals surface area contributed by atoms with Crippen molar-refractivity contribution in [2.24, 2.45) is 0 Å². The quantitative estimate of drug-likeness (QED) is 0.112. The summed E-state index contributed by atoms with van der Waals surface area (Å²) in [6.07, 6.45) is 4.44. The molecule has 9 aromatic carbocycles. The first kappa shape index (κ1) is 51.3. The van der Waals surface area contributed by atoms with Gasteiger partial charge in [-0.15, -0.1) is 0 Å². The van der Waals surface area contributed by atoms with E-state index in [1.165, 1.54) is 144 Å². The van der Waals surface area contributed by atoms with Gasteiger partial charge in [0.25, 0.3) is 26.9 Å². The van der Waals surface area contributed by atoms with E-state index in [9.17, 15) is 0 Å². The molecule has 0 atom stereocenters. The lowest BCUT2D eigenvalue weighted by Gasteiger charge is -2.21. The summed E-state index contributed by atoms with van der Waals surface area (Å²) in [7, 11) is 0. The van der Waals surface area contributed by atoms with Crippen molar-refractivity contribution < 1.29 is 37.2 Å². The van der Waals surface area contributed by atoms with Gasteiger partial charge in [0.2, 0.25) is 33.8 Å². The van der Waals surface area contributed by atoms with Gasteiger partial charge >= 0.3 is 0 Å². The Bertz CT molecular complexity index is 5130. The summed E-state index contributed by atoms with van der Waals surface area (Å²) in [4.78, 5) is 0. The van der Waals surface area contributed by atoms with Crippen LogP contribution in [0, 0.1) is 0 Å². The average Bonchev–Trinajstić information content (AvgIpc) is 1.61. The Morgan fingerprint density at radius 3 is 1.12 bits per heavy atom. The third kappa shape index (κ3) is 6.86. The van der Waals surface area contributed by atoms with Crippen molar-refractivity contribution in [3.05, 3.63) is 251 Å². The van der Waals surface area contributed by atoms with Gasteiger partial charge in [-0.1, -0.05) is 177 Å². The number of rotatable bonds is 0. The smallest absolute Gasteiger partial charge is 0.293 e. The average molecular weight is 1150 g/mol. The summed E-state index contributed by atoms with van der Waals surface area (Å²) in [6.45, 7) is 20.9. The lowest BCUT2D eigenvalue weighted by molar-refractivity contribution is -0.716. The van der Waals surface area contributed by atoms with Gasteiger partial charge in [0.15, 0.2) is 12.4 Å². The number of ether oxygens (including phenoxy) is 4. The maximum Gasteiger partial charge on any atom is 0.293 e. The number of benzene rings is 9. The predicted octanol–water partition coefficient (Wildman–Crippen LogP) is 16.3. The summed E-state index contributed by atoms with van der Waals surface area (Å²) < 4.78 is 33.3. The second-order valence-corrected chi connectivity index (χ2v) is 27.1. The molecule has 4 aliphatic carbocycles. The molecule has 0 saturated heterocycles. The first-order chi connectivity index (χ1) is 42.7. The Balaban J connectivity index is 0.0000000882. The fraction of sp³-hybridized carbons (Fsp3) is 0.200. The van der Waals surface area contributed by atoms with E-state index in [-0.39, 0.29) is 21.7 Å². The minimum atomic E-state index is -0.00401. The largest absolute Gasteiger partial charge is 0.435 e. The molecule has 8 aliphatic rings. The Morgan fingerprint density at radius 1 is 0.284 bits per heavy atom. The van der Waals surface area contributed by atoms with Crippen molar-refractivity contribution in [2.75, 3.05) is 0 Å². The van der Waals surface area contributed by atoms with Crippen molar-refractivity contribution in [1.29, 1.82) is 0 Å². The number of hydrogen-bond acceptors (Lipinski definition) is 4. The monoisotopic (exact) mass is 1150 g/mol. The Morgan fingerprint density at radius 2 is 0.648 bits per heavy atom. The molecule has 21 rings (SSSR count). The Hall–Kier alpha value is -9.92. The van der Waals surface area contributed by atoms with Crippen LogP contribution < -0.4 is 37.2 Å². The summed E-state index contributed by atoms with van der Waals surface area (Å²) in [6, 6.07) is 69.6. The van der Waals surface area contributed by atoms with Crippen molar-refractivity contribution >= 4 is 54.1 Å². The molecule has 0 fully saturated rings. The van der Waals surface area contributed by atoms with E-state index in [1.807, 2.05) is 0 Å². The lowest BCUT2D eigenvalue weighted by Crippen LogP contribution is -2.42. The Kier molecular flexibility index (Phi) is 10.4. The second kappa shape index (κ2) is 17.9. The zero-order valence-corrected chi connectivity index (χ0v) is 50.9. The van der Waals surface area contributed by atoms with E-state index in [1.54, 1.807) is 0 Å². The highest BCUT2D eigenvalue weighted by atomic mass is 16.5. The van der Waals surface area contributed by atoms with Gasteiger partial charge in [0.05, 0.1) is 22.3 Å². The normalized spacial score (nSPS) is 16.5. The van der Waals surface area contributed by atoms with Crippen LogP contribution >= 0.6 is 0 Å². The molecule has 0 spiro atoms. The summed E-state index contributed by atoms with van der Waals surface area (Å²) >= 11 is 0. The first-order valence-corrected chi connectivity index (χ1v) is 31.0. The number of fused-ring (bicyclic) bond motifs is 9. The Labute approximate surface area is 511 Å². The highest BCUT2D eigenvalue weighted by Crippen LogP contribution is 2.57. The molecule has 0 amide bonds. The van der Waals surface area contributed by atoms with Crippen LogP contribution in [0.4, 0.5) is 0 Å². The summed E-state index contributed by atoms with van der Waals surface area (Å²) in [5, 5.41) is 10.4. The van der Waals surface area contributed by atoms with Gasteiger partial charge in [-0.2, -0.15) is 18.3 Å². The minimum Gasteiger partial charge on any atom is -0.435 e. The maximum atomic E-state index is 6.14. The van der Waals surface area contributed by atoms with Gasteiger partial charge in [-0.05, 0) is 104 Å². The summed E-state index contributed by atoms with van der Waals surface area (Å²) in [5.41, 5.74) is 24.2. The third-order valence-electron chi connectivity index (χ3n) is 20.9. The molecule has 4 aliphatic heterocycles. The standard InChI is InChI=1S/C23H18NO.3C19H16NO/c1-23(2)17-8-5-9-20-21(17)22-18(23)11-16-10-14-6-3-4-7-15(14)12-19(16)24(22)13-25-20;1-19(2)13-7-5-9-16-17(13)18-14(19)10-12-6-3-4-8-15(12)20(18)11-21-16;2*1-19(2)14-8-5-9-15-16(14)18-17(19)13-7-4-3-6-12(13)10-20(18)11-21-15/h3-12H,13H2,1-2H3;3*3-10H,11H2,1-2H3/q4*+1. The molecule has 0 N–H and O–H groups in total. The minimum absolute atomic E-state index is 0.00401. The van der Waals surface area contributed by atoms with Gasteiger partial charge < -0.3 is 18.9 Å². The molecule has 13 aromatic rings. The van der Waals surface area contributed by atoms with Gasteiger partial charge in [0, 0.05) is 77.6 Å². The van der Waals surface area contributed by atoms with Gasteiger partial charge in [0.1, 0.15) is 23.0 Å². The van der Waals surface area contributed by atoms with E-state index in [2.05, 4.69) is 280 Å².